The molecule has 2 N–H and O–H groups in total. The fraction of sp³-hybridized carbons (Fsp3) is 0.421. The molecule has 1 fully saturated rings. The molecule has 1 aliphatic heterocycles. The van der Waals surface area contributed by atoms with Crippen molar-refractivity contribution in [2.75, 3.05) is 32.8 Å². The highest BCUT2D eigenvalue weighted by molar-refractivity contribution is 5.95. The molecule has 2 heterocycles. The third kappa shape index (κ3) is 3.68. The van der Waals surface area contributed by atoms with Crippen LogP contribution in [0.1, 0.15) is 22.5 Å². The van der Waals surface area contributed by atoms with Gasteiger partial charge in [0.15, 0.2) is 0 Å². The molecule has 1 saturated heterocycles. The van der Waals surface area contributed by atoms with Crippen molar-refractivity contribution in [1.82, 2.24) is 9.47 Å². The van der Waals surface area contributed by atoms with Gasteiger partial charge in [-0.3, -0.25) is 9.69 Å². The molecular formula is C19H25N3O2. The Labute approximate surface area is 143 Å². The summed E-state index contributed by atoms with van der Waals surface area (Å²) in [4.78, 5) is 14.2. The van der Waals surface area contributed by atoms with E-state index in [1.165, 1.54) is 0 Å². The van der Waals surface area contributed by atoms with Gasteiger partial charge in [-0.1, -0.05) is 30.3 Å². The summed E-state index contributed by atoms with van der Waals surface area (Å²) < 4.78 is 7.61. The van der Waals surface area contributed by atoms with Gasteiger partial charge >= 0.3 is 0 Å². The highest BCUT2D eigenvalue weighted by Crippen LogP contribution is 2.26. The standard InChI is InChI=1S/C19H25N3O2/c1-15-17(19(20)23)14-18(16-6-3-2-4-7-16)22(15)9-5-8-21-10-12-24-13-11-21/h2-4,6-7,14H,5,8-13H2,1H3,(H2,20,23). The summed E-state index contributed by atoms with van der Waals surface area (Å²) in [5.41, 5.74) is 9.27. The van der Waals surface area contributed by atoms with Crippen LogP contribution >= 0.6 is 0 Å². The van der Waals surface area contributed by atoms with Crippen molar-refractivity contribution in [3.63, 3.8) is 0 Å². The van der Waals surface area contributed by atoms with E-state index in [-0.39, 0.29) is 5.91 Å². The van der Waals surface area contributed by atoms with E-state index in [0.717, 1.165) is 62.8 Å². The van der Waals surface area contributed by atoms with Crippen molar-refractivity contribution in [2.45, 2.75) is 19.9 Å². The first kappa shape index (κ1) is 16.7. The van der Waals surface area contributed by atoms with Crippen molar-refractivity contribution < 1.29 is 9.53 Å². The number of carbonyl (C=O) groups excluding carboxylic acids is 1. The van der Waals surface area contributed by atoms with Crippen molar-refractivity contribution in [2.24, 2.45) is 5.73 Å². The van der Waals surface area contributed by atoms with Crippen LogP contribution in [0, 0.1) is 6.92 Å². The molecule has 3 rings (SSSR count). The van der Waals surface area contributed by atoms with E-state index in [9.17, 15) is 4.79 Å². The van der Waals surface area contributed by atoms with Gasteiger partial charge in [-0.25, -0.2) is 0 Å². The molecule has 1 aromatic heterocycles. The topological polar surface area (TPSA) is 60.5 Å². The molecule has 24 heavy (non-hydrogen) atoms. The van der Waals surface area contributed by atoms with Gasteiger partial charge in [0.25, 0.3) is 5.91 Å². The van der Waals surface area contributed by atoms with Gasteiger partial charge in [-0.15, -0.1) is 0 Å². The summed E-state index contributed by atoms with van der Waals surface area (Å²) in [7, 11) is 0. The minimum Gasteiger partial charge on any atom is -0.379 e. The lowest BCUT2D eigenvalue weighted by molar-refractivity contribution is 0.0369. The SMILES string of the molecule is Cc1c(C(N)=O)cc(-c2ccccc2)n1CCCN1CCOCC1. The van der Waals surface area contributed by atoms with E-state index in [2.05, 4.69) is 21.6 Å². The Morgan fingerprint density at radius 1 is 1.17 bits per heavy atom. The lowest BCUT2D eigenvalue weighted by Crippen LogP contribution is -2.37. The second kappa shape index (κ2) is 7.64. The highest BCUT2D eigenvalue weighted by Gasteiger charge is 2.17. The number of morpholine rings is 1. The molecule has 128 valence electrons. The third-order valence-corrected chi connectivity index (χ3v) is 4.66. The van der Waals surface area contributed by atoms with Crippen LogP contribution in [0.3, 0.4) is 0 Å². The van der Waals surface area contributed by atoms with Gasteiger partial charge in [0, 0.05) is 37.6 Å². The lowest BCUT2D eigenvalue weighted by atomic mass is 10.1. The smallest absolute Gasteiger partial charge is 0.250 e. The first-order valence-corrected chi connectivity index (χ1v) is 8.52. The Morgan fingerprint density at radius 3 is 2.54 bits per heavy atom. The van der Waals surface area contributed by atoms with Crippen molar-refractivity contribution in [1.29, 1.82) is 0 Å². The fourth-order valence-corrected chi connectivity index (χ4v) is 3.31. The molecular weight excluding hydrogens is 302 g/mol. The Morgan fingerprint density at radius 2 is 1.88 bits per heavy atom. The molecule has 0 unspecified atom stereocenters. The molecule has 2 aromatic rings. The van der Waals surface area contributed by atoms with Crippen molar-refractivity contribution in [3.05, 3.63) is 47.7 Å². The van der Waals surface area contributed by atoms with Crippen molar-refractivity contribution >= 4 is 5.91 Å². The summed E-state index contributed by atoms with van der Waals surface area (Å²) in [6.45, 7) is 7.54. The van der Waals surface area contributed by atoms with Crippen LogP contribution < -0.4 is 5.73 Å². The molecule has 5 nitrogen and oxygen atoms in total. The Kier molecular flexibility index (Phi) is 5.33. The number of primary amides is 1. The first-order valence-electron chi connectivity index (χ1n) is 8.52. The van der Waals surface area contributed by atoms with Crippen LogP contribution in [0.25, 0.3) is 11.3 Å². The van der Waals surface area contributed by atoms with E-state index in [0.29, 0.717) is 5.56 Å². The van der Waals surface area contributed by atoms with Crippen LogP contribution in [-0.4, -0.2) is 48.2 Å². The van der Waals surface area contributed by atoms with E-state index < -0.39 is 0 Å². The van der Waals surface area contributed by atoms with E-state index in [1.54, 1.807) is 0 Å². The second-order valence-electron chi connectivity index (χ2n) is 6.22. The maximum Gasteiger partial charge on any atom is 0.250 e. The number of benzene rings is 1. The summed E-state index contributed by atoms with van der Waals surface area (Å²) in [5.74, 6) is -0.364. The molecule has 1 aromatic carbocycles. The largest absolute Gasteiger partial charge is 0.379 e. The molecule has 0 spiro atoms. The van der Waals surface area contributed by atoms with E-state index in [1.807, 2.05) is 31.2 Å². The quantitative estimate of drug-likeness (QED) is 0.885. The maximum absolute atomic E-state index is 11.7. The molecule has 1 aliphatic rings. The monoisotopic (exact) mass is 327 g/mol. The van der Waals surface area contributed by atoms with Crippen molar-refractivity contribution in [3.8, 4) is 11.3 Å². The van der Waals surface area contributed by atoms with Gasteiger partial charge in [0.05, 0.1) is 18.8 Å². The highest BCUT2D eigenvalue weighted by atomic mass is 16.5. The predicted molar refractivity (Wildman–Crippen MR) is 95.0 cm³/mol. The summed E-state index contributed by atoms with van der Waals surface area (Å²) in [6, 6.07) is 12.1. The zero-order valence-corrected chi connectivity index (χ0v) is 14.2. The normalized spacial score (nSPS) is 15.5. The van der Waals surface area contributed by atoms with Gasteiger partial charge < -0.3 is 15.0 Å². The molecule has 5 heteroatoms. The average Bonchev–Trinajstić information content (AvgIpc) is 2.94. The number of hydrogen-bond acceptors (Lipinski definition) is 3. The molecule has 1 amide bonds. The average molecular weight is 327 g/mol. The Hall–Kier alpha value is -2.11. The summed E-state index contributed by atoms with van der Waals surface area (Å²) >= 11 is 0. The zero-order valence-electron chi connectivity index (χ0n) is 14.2. The van der Waals surface area contributed by atoms with E-state index in [4.69, 9.17) is 10.5 Å². The number of nitrogens with zero attached hydrogens (tertiary/aromatic N) is 2. The Balaban J connectivity index is 1.78. The lowest BCUT2D eigenvalue weighted by Gasteiger charge is -2.26. The number of hydrogen-bond donors (Lipinski definition) is 1. The van der Waals surface area contributed by atoms with Crippen LogP contribution in [0.2, 0.25) is 0 Å². The van der Waals surface area contributed by atoms with Gasteiger partial charge in [-0.2, -0.15) is 0 Å². The summed E-state index contributed by atoms with van der Waals surface area (Å²) in [6.07, 6.45) is 1.04. The van der Waals surface area contributed by atoms with Gasteiger partial charge in [0.1, 0.15) is 0 Å². The Bertz CT molecular complexity index is 688. The van der Waals surface area contributed by atoms with Gasteiger partial charge in [-0.05, 0) is 25.0 Å². The number of ether oxygens (including phenoxy) is 1. The minimum absolute atomic E-state index is 0.364. The predicted octanol–water partition coefficient (Wildman–Crippen LogP) is 2.28. The third-order valence-electron chi connectivity index (χ3n) is 4.66. The van der Waals surface area contributed by atoms with Crippen LogP contribution in [-0.2, 0) is 11.3 Å². The first-order chi connectivity index (χ1) is 11.7. The van der Waals surface area contributed by atoms with Crippen LogP contribution in [0.15, 0.2) is 36.4 Å². The molecule has 0 aliphatic carbocycles. The second-order valence-corrected chi connectivity index (χ2v) is 6.22. The van der Waals surface area contributed by atoms with Crippen LogP contribution in [0.4, 0.5) is 0 Å². The number of rotatable bonds is 6. The number of carbonyl (C=O) groups is 1. The van der Waals surface area contributed by atoms with Crippen LogP contribution in [0.5, 0.6) is 0 Å². The summed E-state index contributed by atoms with van der Waals surface area (Å²) in [5, 5.41) is 0. The fourth-order valence-electron chi connectivity index (χ4n) is 3.31. The minimum atomic E-state index is -0.364. The molecule has 0 atom stereocenters. The number of aromatic nitrogens is 1. The zero-order chi connectivity index (χ0) is 16.9. The molecule has 0 bridgehead atoms. The van der Waals surface area contributed by atoms with E-state index >= 15 is 0 Å². The maximum atomic E-state index is 11.7. The number of amides is 1. The van der Waals surface area contributed by atoms with Gasteiger partial charge in [0.2, 0.25) is 0 Å². The molecule has 0 radical (unpaired) electrons. The number of nitrogens with two attached hydrogens (primary N) is 1. The molecule has 0 saturated carbocycles.